The van der Waals surface area contributed by atoms with E-state index in [9.17, 15) is 9.59 Å². The van der Waals surface area contributed by atoms with Crippen LogP contribution in [0.1, 0.15) is 16.7 Å². The average molecular weight is 371 g/mol. The Kier molecular flexibility index (Phi) is 5.97. The molecule has 0 aliphatic rings. The van der Waals surface area contributed by atoms with Crippen LogP contribution in [0.15, 0.2) is 78.6 Å². The van der Waals surface area contributed by atoms with E-state index in [0.29, 0.717) is 16.9 Å². The van der Waals surface area contributed by atoms with Crippen molar-refractivity contribution in [1.29, 1.82) is 0 Å². The third-order valence-electron chi connectivity index (χ3n) is 4.27. The van der Waals surface area contributed by atoms with E-state index in [1.807, 2.05) is 50.2 Å². The fraction of sp³-hybridized carbons (Fsp3) is 0.0870. The quantitative estimate of drug-likeness (QED) is 0.398. The number of anilines is 2. The van der Waals surface area contributed by atoms with Crippen molar-refractivity contribution < 1.29 is 9.59 Å². The van der Waals surface area contributed by atoms with Crippen LogP contribution >= 0.6 is 0 Å². The molecule has 140 valence electrons. The van der Waals surface area contributed by atoms with E-state index >= 15 is 0 Å². The summed E-state index contributed by atoms with van der Waals surface area (Å²) in [5.74, 6) is -0.964. The normalized spacial score (nSPS) is 10.1. The lowest BCUT2D eigenvalue weighted by Crippen LogP contribution is -2.25. The molecular formula is C23H21N3O2. The maximum atomic E-state index is 12.9. The summed E-state index contributed by atoms with van der Waals surface area (Å²) in [5.41, 5.74) is 3.81. The molecule has 3 rings (SSSR count). The molecule has 2 amide bonds. The summed E-state index contributed by atoms with van der Waals surface area (Å²) in [4.78, 5) is 29.9. The Bertz CT molecular complexity index is 965. The van der Waals surface area contributed by atoms with Gasteiger partial charge in [0, 0.05) is 23.8 Å². The second-order valence-electron chi connectivity index (χ2n) is 6.38. The van der Waals surface area contributed by atoms with Crippen LogP contribution in [-0.2, 0) is 9.59 Å². The molecule has 3 aromatic rings. The first-order valence-electron chi connectivity index (χ1n) is 8.90. The number of hydrogen-bond donors (Lipinski definition) is 2. The summed E-state index contributed by atoms with van der Waals surface area (Å²) in [5, 5.41) is 5.65. The molecule has 2 N–H and O–H groups in total. The highest BCUT2D eigenvalue weighted by atomic mass is 16.2. The minimum absolute atomic E-state index is 0.000457. The van der Waals surface area contributed by atoms with E-state index < -0.39 is 11.8 Å². The van der Waals surface area contributed by atoms with E-state index in [2.05, 4.69) is 15.6 Å². The van der Waals surface area contributed by atoms with E-state index in [-0.39, 0.29) is 5.57 Å². The van der Waals surface area contributed by atoms with E-state index in [1.54, 1.807) is 36.7 Å². The van der Waals surface area contributed by atoms with Crippen LogP contribution in [0.25, 0.3) is 6.08 Å². The lowest BCUT2D eigenvalue weighted by atomic mass is 10.1. The number of carbonyl (C=O) groups excluding carboxylic acids is 2. The standard InChI is InChI=1S/C23H21N3O2/c1-16-8-3-5-11-20(16)25-22(27)19(14-18-10-7-13-24-15-18)23(28)26-21-12-6-4-9-17(21)2/h3-15H,1-2H3,(H,25,27)(H,26,28). The molecule has 28 heavy (non-hydrogen) atoms. The Hall–Kier alpha value is -3.73. The highest BCUT2D eigenvalue weighted by molar-refractivity contribution is 6.29. The van der Waals surface area contributed by atoms with Crippen molar-refractivity contribution >= 4 is 29.3 Å². The fourth-order valence-corrected chi connectivity index (χ4v) is 2.67. The number of amides is 2. The van der Waals surface area contributed by atoms with Crippen LogP contribution in [0.4, 0.5) is 11.4 Å². The van der Waals surface area contributed by atoms with Gasteiger partial charge in [-0.2, -0.15) is 0 Å². The molecule has 1 heterocycles. The Morgan fingerprint density at radius 3 is 1.79 bits per heavy atom. The van der Waals surface area contributed by atoms with Gasteiger partial charge in [-0.25, -0.2) is 0 Å². The zero-order valence-electron chi connectivity index (χ0n) is 15.8. The van der Waals surface area contributed by atoms with Gasteiger partial charge in [-0.3, -0.25) is 14.6 Å². The number of rotatable bonds is 5. The van der Waals surface area contributed by atoms with Crippen molar-refractivity contribution in [3.05, 3.63) is 95.3 Å². The monoisotopic (exact) mass is 371 g/mol. The number of pyridine rings is 1. The molecule has 0 radical (unpaired) electrons. The molecule has 0 fully saturated rings. The Morgan fingerprint density at radius 2 is 1.32 bits per heavy atom. The molecule has 1 aromatic heterocycles. The number of carbonyl (C=O) groups is 2. The van der Waals surface area contributed by atoms with Gasteiger partial charge >= 0.3 is 0 Å². The summed E-state index contributed by atoms with van der Waals surface area (Å²) in [6.45, 7) is 3.79. The highest BCUT2D eigenvalue weighted by Gasteiger charge is 2.20. The molecule has 0 aliphatic heterocycles. The molecule has 0 spiro atoms. The predicted octanol–water partition coefficient (Wildman–Crippen LogP) is 4.36. The van der Waals surface area contributed by atoms with Gasteiger partial charge in [-0.05, 0) is 54.8 Å². The zero-order valence-corrected chi connectivity index (χ0v) is 15.8. The third kappa shape index (κ3) is 4.71. The smallest absolute Gasteiger partial charge is 0.261 e. The second-order valence-corrected chi connectivity index (χ2v) is 6.38. The minimum Gasteiger partial charge on any atom is -0.322 e. The Labute approximate surface area is 164 Å². The Balaban J connectivity index is 1.92. The van der Waals surface area contributed by atoms with E-state index in [1.165, 1.54) is 6.08 Å². The van der Waals surface area contributed by atoms with Crippen LogP contribution in [0.2, 0.25) is 0 Å². The van der Waals surface area contributed by atoms with Crippen molar-refractivity contribution in [2.24, 2.45) is 0 Å². The van der Waals surface area contributed by atoms with Gasteiger partial charge in [0.05, 0.1) is 0 Å². The Morgan fingerprint density at radius 1 is 0.786 bits per heavy atom. The van der Waals surface area contributed by atoms with Crippen molar-refractivity contribution in [3.8, 4) is 0 Å². The summed E-state index contributed by atoms with van der Waals surface area (Å²) < 4.78 is 0. The number of aryl methyl sites for hydroxylation is 2. The van der Waals surface area contributed by atoms with Gasteiger partial charge < -0.3 is 10.6 Å². The SMILES string of the molecule is Cc1ccccc1NC(=O)C(=Cc1cccnc1)C(=O)Nc1ccccc1C. The van der Waals surface area contributed by atoms with E-state index in [0.717, 1.165) is 11.1 Å². The fourth-order valence-electron chi connectivity index (χ4n) is 2.67. The maximum absolute atomic E-state index is 12.9. The number of para-hydroxylation sites is 2. The molecular weight excluding hydrogens is 350 g/mol. The zero-order chi connectivity index (χ0) is 19.9. The molecule has 2 aromatic carbocycles. The number of nitrogens with zero attached hydrogens (tertiary/aromatic N) is 1. The first-order valence-corrected chi connectivity index (χ1v) is 8.90. The number of benzene rings is 2. The summed E-state index contributed by atoms with van der Waals surface area (Å²) >= 11 is 0. The minimum atomic E-state index is -0.482. The van der Waals surface area contributed by atoms with Gasteiger partial charge in [0.1, 0.15) is 5.57 Å². The van der Waals surface area contributed by atoms with Gasteiger partial charge in [-0.1, -0.05) is 42.5 Å². The largest absolute Gasteiger partial charge is 0.322 e. The van der Waals surface area contributed by atoms with Gasteiger partial charge in [0.15, 0.2) is 0 Å². The van der Waals surface area contributed by atoms with Gasteiger partial charge in [-0.15, -0.1) is 0 Å². The maximum Gasteiger partial charge on any atom is 0.261 e. The number of nitrogens with one attached hydrogen (secondary N) is 2. The molecule has 0 saturated heterocycles. The molecule has 0 unspecified atom stereocenters. The molecule has 0 saturated carbocycles. The van der Waals surface area contributed by atoms with Crippen molar-refractivity contribution in [3.63, 3.8) is 0 Å². The number of hydrogen-bond acceptors (Lipinski definition) is 3. The van der Waals surface area contributed by atoms with Gasteiger partial charge in [0.25, 0.3) is 11.8 Å². The first-order chi connectivity index (χ1) is 13.5. The van der Waals surface area contributed by atoms with Crippen molar-refractivity contribution in [1.82, 2.24) is 4.98 Å². The predicted molar refractivity (Wildman–Crippen MR) is 112 cm³/mol. The van der Waals surface area contributed by atoms with Crippen LogP contribution in [0, 0.1) is 13.8 Å². The number of aromatic nitrogens is 1. The van der Waals surface area contributed by atoms with Crippen LogP contribution in [0.5, 0.6) is 0 Å². The molecule has 0 aliphatic carbocycles. The van der Waals surface area contributed by atoms with Crippen molar-refractivity contribution in [2.45, 2.75) is 13.8 Å². The third-order valence-corrected chi connectivity index (χ3v) is 4.27. The van der Waals surface area contributed by atoms with Crippen LogP contribution in [-0.4, -0.2) is 16.8 Å². The second kappa shape index (κ2) is 8.77. The van der Waals surface area contributed by atoms with Crippen molar-refractivity contribution in [2.75, 3.05) is 10.6 Å². The summed E-state index contributed by atoms with van der Waals surface area (Å²) in [6.07, 6.45) is 4.77. The van der Waals surface area contributed by atoms with Gasteiger partial charge in [0.2, 0.25) is 0 Å². The molecule has 5 nitrogen and oxygen atoms in total. The first kappa shape index (κ1) is 19.0. The summed E-state index contributed by atoms with van der Waals surface area (Å²) in [6, 6.07) is 18.4. The molecule has 0 atom stereocenters. The lowest BCUT2D eigenvalue weighted by molar-refractivity contribution is -0.118. The van der Waals surface area contributed by atoms with E-state index in [4.69, 9.17) is 0 Å². The highest BCUT2D eigenvalue weighted by Crippen LogP contribution is 2.18. The summed E-state index contributed by atoms with van der Waals surface area (Å²) in [7, 11) is 0. The van der Waals surface area contributed by atoms with Crippen LogP contribution in [0.3, 0.4) is 0 Å². The topological polar surface area (TPSA) is 71.1 Å². The lowest BCUT2D eigenvalue weighted by Gasteiger charge is -2.13. The molecule has 0 bridgehead atoms. The van der Waals surface area contributed by atoms with Crippen LogP contribution < -0.4 is 10.6 Å². The molecule has 5 heteroatoms. The average Bonchev–Trinajstić information content (AvgIpc) is 2.70.